The molecule has 1 aromatic carbocycles. The van der Waals surface area contributed by atoms with Crippen molar-refractivity contribution >= 4 is 5.57 Å². The Morgan fingerprint density at radius 2 is 2.08 bits per heavy atom. The molecule has 1 aliphatic rings. The zero-order valence-electron chi connectivity index (χ0n) is 7.79. The highest BCUT2D eigenvalue weighted by Crippen LogP contribution is 2.31. The highest BCUT2D eigenvalue weighted by molar-refractivity contribution is 5.72. The van der Waals surface area contributed by atoms with Crippen LogP contribution in [0.5, 0.6) is 0 Å². The molecule has 2 N–H and O–H groups in total. The number of fused-ring (bicyclic) bond motifs is 1. The second-order valence-electron chi connectivity index (χ2n) is 3.46. The molecule has 0 atom stereocenters. The summed E-state index contributed by atoms with van der Waals surface area (Å²) in [5.74, 6) is 0. The van der Waals surface area contributed by atoms with Crippen LogP contribution in [-0.2, 0) is 6.42 Å². The minimum atomic E-state index is 0.756. The number of allylic oxidation sites excluding steroid dienone is 1. The second kappa shape index (κ2) is 3.75. The lowest BCUT2D eigenvalue weighted by Gasteiger charge is -1.99. The van der Waals surface area contributed by atoms with E-state index in [1.54, 1.807) is 0 Å². The van der Waals surface area contributed by atoms with Crippen LogP contribution >= 0.6 is 0 Å². The van der Waals surface area contributed by atoms with Crippen molar-refractivity contribution in [1.82, 2.24) is 0 Å². The Balaban J connectivity index is 2.28. The van der Waals surface area contributed by atoms with E-state index in [0.29, 0.717) is 0 Å². The quantitative estimate of drug-likeness (QED) is 0.730. The minimum absolute atomic E-state index is 0.756. The molecule has 1 nitrogen and oxygen atoms in total. The van der Waals surface area contributed by atoms with Crippen molar-refractivity contribution in [2.45, 2.75) is 19.3 Å². The zero-order valence-corrected chi connectivity index (χ0v) is 7.79. The number of aryl methyl sites for hydroxylation is 1. The molecule has 2 rings (SSSR count). The van der Waals surface area contributed by atoms with Crippen LogP contribution in [0, 0.1) is 0 Å². The van der Waals surface area contributed by atoms with Crippen molar-refractivity contribution in [2.75, 3.05) is 6.54 Å². The van der Waals surface area contributed by atoms with Crippen LogP contribution in [0.3, 0.4) is 0 Å². The van der Waals surface area contributed by atoms with Gasteiger partial charge in [-0.3, -0.25) is 0 Å². The Morgan fingerprint density at radius 1 is 1.23 bits per heavy atom. The predicted molar refractivity (Wildman–Crippen MR) is 56.4 cm³/mol. The van der Waals surface area contributed by atoms with Crippen LogP contribution in [-0.4, -0.2) is 6.54 Å². The van der Waals surface area contributed by atoms with Crippen molar-refractivity contribution in [2.24, 2.45) is 5.73 Å². The summed E-state index contributed by atoms with van der Waals surface area (Å²) in [5, 5.41) is 0. The van der Waals surface area contributed by atoms with Gasteiger partial charge in [0.2, 0.25) is 0 Å². The van der Waals surface area contributed by atoms with E-state index in [1.165, 1.54) is 29.5 Å². The van der Waals surface area contributed by atoms with Gasteiger partial charge in [0.1, 0.15) is 0 Å². The average molecular weight is 173 g/mol. The number of nitrogens with two attached hydrogens (primary N) is 1. The second-order valence-corrected chi connectivity index (χ2v) is 3.46. The van der Waals surface area contributed by atoms with Crippen LogP contribution in [0.4, 0.5) is 0 Å². The molecule has 0 saturated carbocycles. The molecule has 0 unspecified atom stereocenters. The molecule has 0 spiro atoms. The third-order valence-electron chi connectivity index (χ3n) is 2.58. The molecule has 0 fully saturated rings. The summed E-state index contributed by atoms with van der Waals surface area (Å²) >= 11 is 0. The number of hydrogen-bond acceptors (Lipinski definition) is 1. The predicted octanol–water partition coefficient (Wildman–Crippen LogP) is 2.37. The first-order valence-electron chi connectivity index (χ1n) is 4.89. The topological polar surface area (TPSA) is 26.0 Å². The molecule has 1 aliphatic carbocycles. The lowest BCUT2D eigenvalue weighted by molar-refractivity contribution is 1.000. The van der Waals surface area contributed by atoms with Crippen molar-refractivity contribution in [3.63, 3.8) is 0 Å². The van der Waals surface area contributed by atoms with E-state index < -0.39 is 0 Å². The highest BCUT2D eigenvalue weighted by atomic mass is 14.5. The van der Waals surface area contributed by atoms with Crippen molar-refractivity contribution < 1.29 is 0 Å². The molecular weight excluding hydrogens is 158 g/mol. The Labute approximate surface area is 79.3 Å². The highest BCUT2D eigenvalue weighted by Gasteiger charge is 2.13. The summed E-state index contributed by atoms with van der Waals surface area (Å²) in [6, 6.07) is 8.66. The Bertz CT molecular complexity index is 326. The van der Waals surface area contributed by atoms with Gasteiger partial charge < -0.3 is 5.73 Å². The maximum absolute atomic E-state index is 5.48. The van der Waals surface area contributed by atoms with Crippen molar-refractivity contribution in [3.8, 4) is 0 Å². The van der Waals surface area contributed by atoms with Crippen LogP contribution in [0.15, 0.2) is 30.3 Å². The van der Waals surface area contributed by atoms with Crippen molar-refractivity contribution in [3.05, 3.63) is 41.5 Å². The van der Waals surface area contributed by atoms with Gasteiger partial charge in [-0.2, -0.15) is 0 Å². The van der Waals surface area contributed by atoms with E-state index in [4.69, 9.17) is 5.73 Å². The number of hydrogen-bond donors (Lipinski definition) is 1. The first-order chi connectivity index (χ1) is 6.42. The molecule has 0 saturated heterocycles. The van der Waals surface area contributed by atoms with Crippen LogP contribution < -0.4 is 5.73 Å². The fourth-order valence-electron chi connectivity index (χ4n) is 1.93. The van der Waals surface area contributed by atoms with Gasteiger partial charge in [-0.15, -0.1) is 0 Å². The van der Waals surface area contributed by atoms with E-state index in [1.807, 2.05) is 0 Å². The number of rotatable bonds is 2. The molecule has 0 bridgehead atoms. The van der Waals surface area contributed by atoms with Gasteiger partial charge in [-0.25, -0.2) is 0 Å². The molecule has 1 aromatic rings. The lowest BCUT2D eigenvalue weighted by atomic mass is 10.1. The van der Waals surface area contributed by atoms with Gasteiger partial charge in [0.05, 0.1) is 0 Å². The van der Waals surface area contributed by atoms with Gasteiger partial charge in [0, 0.05) is 0 Å². The Morgan fingerprint density at radius 3 is 2.92 bits per heavy atom. The third-order valence-corrected chi connectivity index (χ3v) is 2.58. The minimum Gasteiger partial charge on any atom is -0.330 e. The molecule has 0 heterocycles. The van der Waals surface area contributed by atoms with Crippen molar-refractivity contribution in [1.29, 1.82) is 0 Å². The molecule has 0 radical (unpaired) electrons. The fourth-order valence-corrected chi connectivity index (χ4v) is 1.93. The molecule has 0 amide bonds. The average Bonchev–Trinajstić information content (AvgIpc) is 2.58. The molecule has 1 heteroatoms. The van der Waals surface area contributed by atoms with Crippen LogP contribution in [0.25, 0.3) is 5.57 Å². The van der Waals surface area contributed by atoms with Gasteiger partial charge in [0.15, 0.2) is 0 Å². The molecule has 68 valence electrons. The normalized spacial score (nSPS) is 17.8. The standard InChI is InChI=1S/C12H15N/c13-9-3-5-11-8-7-10-4-1-2-6-12(10)11/h1-2,4-6H,3,7-9,13H2. The largest absolute Gasteiger partial charge is 0.330 e. The lowest BCUT2D eigenvalue weighted by Crippen LogP contribution is -1.95. The van der Waals surface area contributed by atoms with Gasteiger partial charge >= 0.3 is 0 Å². The molecule has 0 aromatic heterocycles. The number of benzene rings is 1. The van der Waals surface area contributed by atoms with Crippen LogP contribution in [0.2, 0.25) is 0 Å². The Kier molecular flexibility index (Phi) is 2.46. The summed E-state index contributed by atoms with van der Waals surface area (Å²) in [7, 11) is 0. The van der Waals surface area contributed by atoms with E-state index in [0.717, 1.165) is 13.0 Å². The summed E-state index contributed by atoms with van der Waals surface area (Å²) in [4.78, 5) is 0. The molecule has 13 heavy (non-hydrogen) atoms. The summed E-state index contributed by atoms with van der Waals surface area (Å²) < 4.78 is 0. The molecule has 0 aliphatic heterocycles. The van der Waals surface area contributed by atoms with E-state index >= 15 is 0 Å². The fraction of sp³-hybridized carbons (Fsp3) is 0.333. The van der Waals surface area contributed by atoms with Gasteiger partial charge in [-0.05, 0) is 42.5 Å². The smallest absolute Gasteiger partial charge is 0.00424 e. The summed E-state index contributed by atoms with van der Waals surface area (Å²) in [6.07, 6.45) is 5.68. The molecular formula is C12H15N. The maximum Gasteiger partial charge on any atom is -0.00424 e. The Hall–Kier alpha value is -1.08. The monoisotopic (exact) mass is 173 g/mol. The summed E-state index contributed by atoms with van der Waals surface area (Å²) in [6.45, 7) is 0.756. The van der Waals surface area contributed by atoms with E-state index in [-0.39, 0.29) is 0 Å². The first-order valence-corrected chi connectivity index (χ1v) is 4.89. The SMILES string of the molecule is NCCC=C1CCc2ccccc21. The maximum atomic E-state index is 5.48. The summed E-state index contributed by atoms with van der Waals surface area (Å²) in [5.41, 5.74) is 9.90. The van der Waals surface area contributed by atoms with E-state index in [9.17, 15) is 0 Å². The van der Waals surface area contributed by atoms with Gasteiger partial charge in [-0.1, -0.05) is 30.3 Å². The van der Waals surface area contributed by atoms with Crippen LogP contribution in [0.1, 0.15) is 24.0 Å². The van der Waals surface area contributed by atoms with E-state index in [2.05, 4.69) is 30.3 Å². The zero-order chi connectivity index (χ0) is 9.10. The first kappa shape index (κ1) is 8.52. The third kappa shape index (κ3) is 1.65. The van der Waals surface area contributed by atoms with Gasteiger partial charge in [0.25, 0.3) is 0 Å².